The number of imide groups is 1. The molecule has 29 heavy (non-hydrogen) atoms. The molecule has 0 aliphatic rings. The van der Waals surface area contributed by atoms with E-state index in [0.29, 0.717) is 4.90 Å². The molecule has 2 unspecified atom stereocenters. The van der Waals surface area contributed by atoms with Crippen LogP contribution >= 0.6 is 0 Å². The van der Waals surface area contributed by atoms with Gasteiger partial charge in [0.05, 0.1) is 12.1 Å². The fourth-order valence-electron chi connectivity index (χ4n) is 2.96. The fraction of sp³-hybridized carbons (Fsp3) is 0.500. The molecule has 0 fully saturated rings. The molecular formula is C20H29N3O6. The Morgan fingerprint density at radius 2 is 1.52 bits per heavy atom. The van der Waals surface area contributed by atoms with Gasteiger partial charge in [-0.1, -0.05) is 44.2 Å². The fourth-order valence-corrected chi connectivity index (χ4v) is 2.96. The van der Waals surface area contributed by atoms with Crippen molar-refractivity contribution in [2.75, 3.05) is 0 Å². The zero-order chi connectivity index (χ0) is 22.1. The van der Waals surface area contributed by atoms with Gasteiger partial charge >= 0.3 is 11.9 Å². The summed E-state index contributed by atoms with van der Waals surface area (Å²) in [6.07, 6.45) is -0.633. The monoisotopic (exact) mass is 407 g/mol. The molecule has 3 atom stereocenters. The number of carboxylic acid groups (broad SMARTS) is 2. The van der Waals surface area contributed by atoms with Crippen LogP contribution < -0.4 is 11.5 Å². The van der Waals surface area contributed by atoms with E-state index in [2.05, 4.69) is 0 Å². The number of carboxylic acids is 2. The highest BCUT2D eigenvalue weighted by molar-refractivity contribution is 6.03. The Kier molecular flexibility index (Phi) is 9.43. The van der Waals surface area contributed by atoms with Crippen LogP contribution in [0.3, 0.4) is 0 Å². The summed E-state index contributed by atoms with van der Waals surface area (Å²) in [5.41, 5.74) is 12.6. The smallest absolute Gasteiger partial charge is 0.326 e. The number of carbonyl (C=O) groups is 4. The number of nitrogens with two attached hydrogens (primary N) is 2. The average Bonchev–Trinajstić information content (AvgIpc) is 2.63. The Bertz CT molecular complexity index is 722. The van der Waals surface area contributed by atoms with E-state index in [1.807, 2.05) is 13.8 Å². The summed E-state index contributed by atoms with van der Waals surface area (Å²) >= 11 is 0. The number of carbonyl (C=O) groups excluding carboxylic acids is 2. The van der Waals surface area contributed by atoms with Crippen LogP contribution in [0.1, 0.15) is 38.7 Å². The molecule has 1 aromatic rings. The van der Waals surface area contributed by atoms with Crippen molar-refractivity contribution in [3.05, 3.63) is 35.9 Å². The topological polar surface area (TPSA) is 164 Å². The summed E-state index contributed by atoms with van der Waals surface area (Å²) in [5.74, 6) is -4.46. The first-order valence-electron chi connectivity index (χ1n) is 9.41. The maximum absolute atomic E-state index is 13.0. The van der Waals surface area contributed by atoms with E-state index < -0.39 is 54.7 Å². The third-order valence-electron chi connectivity index (χ3n) is 4.36. The van der Waals surface area contributed by atoms with Gasteiger partial charge in [0.25, 0.3) is 0 Å². The molecule has 9 heteroatoms. The summed E-state index contributed by atoms with van der Waals surface area (Å²) in [4.78, 5) is 49.1. The van der Waals surface area contributed by atoms with Crippen molar-refractivity contribution in [2.24, 2.45) is 17.4 Å². The number of amides is 2. The van der Waals surface area contributed by atoms with Crippen LogP contribution in [0, 0.1) is 5.92 Å². The molecule has 0 spiro atoms. The molecule has 0 aromatic heterocycles. The normalized spacial score (nSPS) is 14.1. The van der Waals surface area contributed by atoms with E-state index >= 15 is 0 Å². The Morgan fingerprint density at radius 3 is 2.00 bits per heavy atom. The van der Waals surface area contributed by atoms with Gasteiger partial charge in [0, 0.05) is 6.42 Å². The highest BCUT2D eigenvalue weighted by Crippen LogP contribution is 2.16. The summed E-state index contributed by atoms with van der Waals surface area (Å²) < 4.78 is 0. The number of rotatable bonds is 11. The SMILES string of the molecule is CC(C)CC(N)C(=O)N(C(=O)C(N)Cc1ccccc1)[C@@H](CCC(=O)O)C(=O)O. The van der Waals surface area contributed by atoms with E-state index in [1.165, 1.54) is 0 Å². The van der Waals surface area contributed by atoms with Gasteiger partial charge in [-0.3, -0.25) is 19.3 Å². The molecule has 1 rings (SSSR count). The second-order valence-corrected chi connectivity index (χ2v) is 7.37. The molecular weight excluding hydrogens is 378 g/mol. The van der Waals surface area contributed by atoms with E-state index in [0.717, 1.165) is 5.56 Å². The Labute approximate surface area is 169 Å². The first-order chi connectivity index (χ1) is 13.5. The molecule has 1 aromatic carbocycles. The summed E-state index contributed by atoms with van der Waals surface area (Å²) in [7, 11) is 0. The lowest BCUT2D eigenvalue weighted by atomic mass is 9.99. The molecule has 0 aliphatic heterocycles. The van der Waals surface area contributed by atoms with Gasteiger partial charge in [-0.05, 0) is 30.7 Å². The number of nitrogens with zero attached hydrogens (tertiary/aromatic N) is 1. The van der Waals surface area contributed by atoms with Crippen molar-refractivity contribution in [3.8, 4) is 0 Å². The maximum atomic E-state index is 13.0. The highest BCUT2D eigenvalue weighted by Gasteiger charge is 2.39. The van der Waals surface area contributed by atoms with Crippen molar-refractivity contribution in [3.63, 3.8) is 0 Å². The van der Waals surface area contributed by atoms with Crippen molar-refractivity contribution in [2.45, 2.75) is 57.7 Å². The average molecular weight is 407 g/mol. The highest BCUT2D eigenvalue weighted by atomic mass is 16.4. The van der Waals surface area contributed by atoms with Gasteiger partial charge < -0.3 is 21.7 Å². The standard InChI is InChI=1S/C20H29N3O6/c1-12(2)10-14(21)18(26)23(16(20(28)29)8-9-17(24)25)19(27)15(22)11-13-6-4-3-5-7-13/h3-7,12,14-16H,8-11,21-22H2,1-2H3,(H,24,25)(H,28,29)/t14?,15?,16-/m0/s1. The summed E-state index contributed by atoms with van der Waals surface area (Å²) in [5, 5.41) is 18.5. The van der Waals surface area contributed by atoms with Crippen LogP contribution in [-0.2, 0) is 25.6 Å². The first kappa shape index (κ1) is 24.3. The van der Waals surface area contributed by atoms with Crippen LogP contribution in [0.2, 0.25) is 0 Å². The molecule has 0 saturated carbocycles. The lowest BCUT2D eigenvalue weighted by Crippen LogP contribution is -2.58. The largest absolute Gasteiger partial charge is 0.481 e. The molecule has 0 heterocycles. The van der Waals surface area contributed by atoms with Crippen molar-refractivity contribution in [1.29, 1.82) is 0 Å². The second kappa shape index (κ2) is 11.3. The lowest BCUT2D eigenvalue weighted by Gasteiger charge is -2.31. The van der Waals surface area contributed by atoms with Gasteiger partial charge in [-0.2, -0.15) is 0 Å². The molecule has 9 nitrogen and oxygen atoms in total. The molecule has 0 saturated heterocycles. The number of hydrogen-bond donors (Lipinski definition) is 4. The first-order valence-corrected chi connectivity index (χ1v) is 9.41. The predicted molar refractivity (Wildman–Crippen MR) is 106 cm³/mol. The van der Waals surface area contributed by atoms with E-state index in [-0.39, 0.29) is 18.8 Å². The maximum Gasteiger partial charge on any atom is 0.326 e. The van der Waals surface area contributed by atoms with Gasteiger partial charge in [-0.15, -0.1) is 0 Å². The number of hydrogen-bond acceptors (Lipinski definition) is 6. The van der Waals surface area contributed by atoms with Gasteiger partial charge in [0.1, 0.15) is 6.04 Å². The van der Waals surface area contributed by atoms with Crippen LogP contribution in [-0.4, -0.2) is 57.0 Å². The quantitative estimate of drug-likeness (QED) is 0.414. The summed E-state index contributed by atoms with van der Waals surface area (Å²) in [6.45, 7) is 3.67. The summed E-state index contributed by atoms with van der Waals surface area (Å²) in [6, 6.07) is 4.89. The van der Waals surface area contributed by atoms with Gasteiger partial charge in [0.15, 0.2) is 0 Å². The van der Waals surface area contributed by atoms with Crippen molar-refractivity contribution < 1.29 is 29.4 Å². The molecule has 0 bridgehead atoms. The predicted octanol–water partition coefficient (Wildman–Crippen LogP) is 0.603. The van der Waals surface area contributed by atoms with E-state index in [1.54, 1.807) is 30.3 Å². The Morgan fingerprint density at radius 1 is 0.966 bits per heavy atom. The second-order valence-electron chi connectivity index (χ2n) is 7.37. The minimum Gasteiger partial charge on any atom is -0.481 e. The molecule has 2 amide bonds. The van der Waals surface area contributed by atoms with Crippen LogP contribution in [0.5, 0.6) is 0 Å². The van der Waals surface area contributed by atoms with Crippen molar-refractivity contribution >= 4 is 23.8 Å². The molecule has 0 radical (unpaired) electrons. The molecule has 6 N–H and O–H groups in total. The Hall–Kier alpha value is -2.78. The zero-order valence-corrected chi connectivity index (χ0v) is 16.7. The number of benzene rings is 1. The third kappa shape index (κ3) is 7.63. The van der Waals surface area contributed by atoms with Gasteiger partial charge in [0.2, 0.25) is 11.8 Å². The number of aliphatic carboxylic acids is 2. The van der Waals surface area contributed by atoms with E-state index in [4.69, 9.17) is 16.6 Å². The zero-order valence-electron chi connectivity index (χ0n) is 16.7. The minimum atomic E-state index is -1.66. The van der Waals surface area contributed by atoms with Gasteiger partial charge in [-0.25, -0.2) is 4.79 Å². The lowest BCUT2D eigenvalue weighted by molar-refractivity contribution is -0.160. The molecule has 0 aliphatic carbocycles. The van der Waals surface area contributed by atoms with Crippen LogP contribution in [0.4, 0.5) is 0 Å². The Balaban J connectivity index is 3.18. The third-order valence-corrected chi connectivity index (χ3v) is 4.36. The minimum absolute atomic E-state index is 0.0335. The van der Waals surface area contributed by atoms with E-state index in [9.17, 15) is 24.3 Å². The van der Waals surface area contributed by atoms with Crippen molar-refractivity contribution in [1.82, 2.24) is 4.90 Å². The van der Waals surface area contributed by atoms with Crippen LogP contribution in [0.25, 0.3) is 0 Å². The van der Waals surface area contributed by atoms with Crippen LogP contribution in [0.15, 0.2) is 30.3 Å². The molecule has 160 valence electrons.